The normalized spacial score (nSPS) is 12.5. The van der Waals surface area contributed by atoms with Gasteiger partial charge in [-0.1, -0.05) is 76.9 Å². The van der Waals surface area contributed by atoms with Crippen molar-refractivity contribution in [1.82, 2.24) is 0 Å². The fraction of sp³-hybridized carbons (Fsp3) is 0.833. The number of unbranched alkanes of at least 4 members (excludes halogenated alkanes) is 12. The van der Waals surface area contributed by atoms with E-state index in [2.05, 4.69) is 19.1 Å². The second-order valence-electron chi connectivity index (χ2n) is 7.98. The van der Waals surface area contributed by atoms with Crippen LogP contribution in [0.3, 0.4) is 0 Å². The smallest absolute Gasteiger partial charge is 0.314 e. The van der Waals surface area contributed by atoms with Crippen LogP contribution in [0.5, 0.6) is 0 Å². The van der Waals surface area contributed by atoms with Gasteiger partial charge in [-0.05, 0) is 51.5 Å². The van der Waals surface area contributed by atoms with Gasteiger partial charge in [-0.2, -0.15) is 0 Å². The Hall–Kier alpha value is -1.16. The maximum atomic E-state index is 12.1. The summed E-state index contributed by atoms with van der Waals surface area (Å²) >= 11 is 0. The average molecular weight is 396 g/mol. The zero-order valence-corrected chi connectivity index (χ0v) is 18.3. The van der Waals surface area contributed by atoms with Crippen molar-refractivity contribution in [1.29, 1.82) is 0 Å². The van der Waals surface area contributed by atoms with Crippen molar-refractivity contribution < 1.29 is 14.7 Å². The first-order valence-corrected chi connectivity index (χ1v) is 11.7. The fourth-order valence-electron chi connectivity index (χ4n) is 3.46. The number of hydrogen-bond acceptors (Lipinski definition) is 3. The van der Waals surface area contributed by atoms with E-state index < -0.39 is 11.9 Å². The van der Waals surface area contributed by atoms with Crippen LogP contribution in [0, 0.1) is 5.92 Å². The van der Waals surface area contributed by atoms with E-state index in [-0.39, 0.29) is 5.78 Å². The molecule has 164 valence electrons. The summed E-state index contributed by atoms with van der Waals surface area (Å²) in [5, 5.41) is 9.21. The number of aliphatic carboxylic acids is 1. The summed E-state index contributed by atoms with van der Waals surface area (Å²) in [7, 11) is 0. The highest BCUT2D eigenvalue weighted by Crippen LogP contribution is 2.15. The summed E-state index contributed by atoms with van der Waals surface area (Å²) in [4.78, 5) is 23.3. The van der Waals surface area contributed by atoms with E-state index in [1.807, 2.05) is 0 Å². The third-order valence-corrected chi connectivity index (χ3v) is 5.32. The number of nitrogens with two attached hydrogens (primary N) is 1. The molecule has 3 N–H and O–H groups in total. The van der Waals surface area contributed by atoms with Crippen LogP contribution in [0.2, 0.25) is 0 Å². The van der Waals surface area contributed by atoms with Gasteiger partial charge in [0, 0.05) is 6.42 Å². The van der Waals surface area contributed by atoms with Gasteiger partial charge in [-0.15, -0.1) is 0 Å². The molecule has 0 spiro atoms. The van der Waals surface area contributed by atoms with E-state index in [0.717, 1.165) is 32.1 Å². The predicted molar refractivity (Wildman–Crippen MR) is 118 cm³/mol. The van der Waals surface area contributed by atoms with Gasteiger partial charge in [-0.25, -0.2) is 0 Å². The zero-order valence-electron chi connectivity index (χ0n) is 18.3. The van der Waals surface area contributed by atoms with Gasteiger partial charge in [-0.3, -0.25) is 9.59 Å². The fourth-order valence-corrected chi connectivity index (χ4v) is 3.46. The summed E-state index contributed by atoms with van der Waals surface area (Å²) in [5.41, 5.74) is 5.43. The molecule has 0 saturated heterocycles. The SMILES string of the molecule is CCCCCCCC/C=C\CCCCCCCC(=O)C(CCCCN)C(=O)O. The van der Waals surface area contributed by atoms with Crippen molar-refractivity contribution in [2.75, 3.05) is 6.54 Å². The molecule has 28 heavy (non-hydrogen) atoms. The highest BCUT2D eigenvalue weighted by Gasteiger charge is 2.24. The molecule has 1 unspecified atom stereocenters. The van der Waals surface area contributed by atoms with Crippen LogP contribution < -0.4 is 5.73 Å². The van der Waals surface area contributed by atoms with Gasteiger partial charge in [0.1, 0.15) is 11.7 Å². The third kappa shape index (κ3) is 17.0. The van der Waals surface area contributed by atoms with Crippen LogP contribution in [0.1, 0.15) is 116 Å². The Morgan fingerprint density at radius 2 is 1.32 bits per heavy atom. The first kappa shape index (κ1) is 26.8. The molecule has 0 aliphatic rings. The Bertz CT molecular complexity index is 407. The van der Waals surface area contributed by atoms with Gasteiger partial charge in [0.2, 0.25) is 0 Å². The monoisotopic (exact) mass is 395 g/mol. The second kappa shape index (κ2) is 20.6. The molecule has 0 rings (SSSR count). The lowest BCUT2D eigenvalue weighted by atomic mass is 9.93. The summed E-state index contributed by atoms with van der Waals surface area (Å²) in [5.74, 6) is -1.92. The van der Waals surface area contributed by atoms with Crippen LogP contribution in [-0.2, 0) is 9.59 Å². The second-order valence-corrected chi connectivity index (χ2v) is 7.98. The Kier molecular flexibility index (Phi) is 19.7. The number of hydrogen-bond donors (Lipinski definition) is 2. The maximum Gasteiger partial charge on any atom is 0.314 e. The van der Waals surface area contributed by atoms with E-state index in [1.54, 1.807) is 0 Å². The van der Waals surface area contributed by atoms with Crippen LogP contribution in [0.4, 0.5) is 0 Å². The molecule has 0 aliphatic heterocycles. The van der Waals surface area contributed by atoms with Crippen LogP contribution >= 0.6 is 0 Å². The van der Waals surface area contributed by atoms with E-state index in [0.29, 0.717) is 25.8 Å². The molecule has 0 aromatic heterocycles. The Balaban J connectivity index is 3.53. The summed E-state index contributed by atoms with van der Waals surface area (Å²) in [6, 6.07) is 0. The van der Waals surface area contributed by atoms with E-state index in [4.69, 9.17) is 5.73 Å². The number of rotatable bonds is 21. The standard InChI is InChI=1S/C24H45NO3/c1-2-3-4-5-6-7-8-9-10-11-12-13-14-15-16-20-23(26)22(24(27)28)19-17-18-21-25/h9-10,22H,2-8,11-21,25H2,1H3,(H,27,28)/b10-9-. The molecule has 1 atom stereocenters. The van der Waals surface area contributed by atoms with Gasteiger partial charge in [0.05, 0.1) is 0 Å². The summed E-state index contributed by atoms with van der Waals surface area (Å²) < 4.78 is 0. The highest BCUT2D eigenvalue weighted by molar-refractivity contribution is 5.98. The minimum absolute atomic E-state index is 0.109. The van der Waals surface area contributed by atoms with Crippen molar-refractivity contribution in [3.8, 4) is 0 Å². The first-order chi connectivity index (χ1) is 13.6. The highest BCUT2D eigenvalue weighted by atomic mass is 16.4. The Labute approximate surface area is 173 Å². The van der Waals surface area contributed by atoms with Crippen molar-refractivity contribution >= 4 is 11.8 Å². The lowest BCUT2D eigenvalue weighted by molar-refractivity contribution is -0.146. The minimum atomic E-state index is -0.977. The van der Waals surface area contributed by atoms with Crippen LogP contribution in [0.15, 0.2) is 12.2 Å². The molecule has 0 radical (unpaired) electrons. The van der Waals surface area contributed by atoms with Crippen LogP contribution in [0.25, 0.3) is 0 Å². The Morgan fingerprint density at radius 3 is 1.86 bits per heavy atom. The molecule has 0 aliphatic carbocycles. The minimum Gasteiger partial charge on any atom is -0.481 e. The molecule has 4 heteroatoms. The van der Waals surface area contributed by atoms with Gasteiger partial charge >= 0.3 is 5.97 Å². The zero-order chi connectivity index (χ0) is 20.9. The molecule has 0 saturated carbocycles. The topological polar surface area (TPSA) is 80.4 Å². The van der Waals surface area contributed by atoms with E-state index in [1.165, 1.54) is 57.8 Å². The molecule has 0 aromatic carbocycles. The quantitative estimate of drug-likeness (QED) is 0.133. The average Bonchev–Trinajstić information content (AvgIpc) is 2.67. The third-order valence-electron chi connectivity index (χ3n) is 5.32. The maximum absolute atomic E-state index is 12.1. The number of Topliss-reactive ketones (excluding diaryl/α,β-unsaturated/α-hetero) is 1. The van der Waals surface area contributed by atoms with Gasteiger partial charge in [0.25, 0.3) is 0 Å². The van der Waals surface area contributed by atoms with Gasteiger partial charge < -0.3 is 10.8 Å². The number of allylic oxidation sites excluding steroid dienone is 2. The largest absolute Gasteiger partial charge is 0.481 e. The number of carboxylic acids is 1. The number of carboxylic acid groups (broad SMARTS) is 1. The Morgan fingerprint density at radius 1 is 0.786 bits per heavy atom. The molecular weight excluding hydrogens is 350 g/mol. The molecule has 0 heterocycles. The van der Waals surface area contributed by atoms with Crippen molar-refractivity contribution in [2.24, 2.45) is 11.7 Å². The molecule has 0 amide bonds. The number of carbonyl (C=O) groups excluding carboxylic acids is 1. The molecule has 0 fully saturated rings. The van der Waals surface area contributed by atoms with Crippen molar-refractivity contribution in [3.05, 3.63) is 12.2 Å². The van der Waals surface area contributed by atoms with E-state index >= 15 is 0 Å². The van der Waals surface area contributed by atoms with Crippen molar-refractivity contribution in [2.45, 2.75) is 116 Å². The number of carbonyl (C=O) groups is 2. The summed E-state index contributed by atoms with van der Waals surface area (Å²) in [6.07, 6.45) is 22.8. The number of ketones is 1. The molecular formula is C24H45NO3. The molecule has 0 aromatic rings. The van der Waals surface area contributed by atoms with Crippen molar-refractivity contribution in [3.63, 3.8) is 0 Å². The summed E-state index contributed by atoms with van der Waals surface area (Å²) in [6.45, 7) is 2.80. The molecule has 0 bridgehead atoms. The van der Waals surface area contributed by atoms with Gasteiger partial charge in [0.15, 0.2) is 0 Å². The predicted octanol–water partition coefficient (Wildman–Crippen LogP) is 6.42. The van der Waals surface area contributed by atoms with Crippen LogP contribution in [-0.4, -0.2) is 23.4 Å². The lowest BCUT2D eigenvalue weighted by Gasteiger charge is -2.10. The lowest BCUT2D eigenvalue weighted by Crippen LogP contribution is -2.24. The van der Waals surface area contributed by atoms with E-state index in [9.17, 15) is 14.7 Å². The first-order valence-electron chi connectivity index (χ1n) is 11.7. The molecule has 4 nitrogen and oxygen atoms in total.